The van der Waals surface area contributed by atoms with Crippen molar-refractivity contribution < 1.29 is 0 Å². The zero-order chi connectivity index (χ0) is 14.5. The van der Waals surface area contributed by atoms with E-state index in [4.69, 9.17) is 0 Å². The van der Waals surface area contributed by atoms with E-state index >= 15 is 0 Å². The summed E-state index contributed by atoms with van der Waals surface area (Å²) in [6.07, 6.45) is 1.11. The van der Waals surface area contributed by atoms with Crippen molar-refractivity contribution >= 4 is 0 Å². The van der Waals surface area contributed by atoms with Gasteiger partial charge in [-0.05, 0) is 27.2 Å². The average Bonchev–Trinajstić information content (AvgIpc) is 2.90. The van der Waals surface area contributed by atoms with Crippen LogP contribution in [0.5, 0.6) is 0 Å². The van der Waals surface area contributed by atoms with Crippen LogP contribution in [0.15, 0.2) is 30.3 Å². The first-order chi connectivity index (χ1) is 9.61. The van der Waals surface area contributed by atoms with E-state index in [0.29, 0.717) is 6.04 Å². The molecule has 2 aromatic rings. The van der Waals surface area contributed by atoms with Gasteiger partial charge in [-0.2, -0.15) is 15.0 Å². The van der Waals surface area contributed by atoms with Crippen LogP contribution in [-0.4, -0.2) is 21.0 Å². The molecule has 0 spiro atoms. The van der Waals surface area contributed by atoms with Crippen molar-refractivity contribution in [2.45, 2.75) is 52.7 Å². The normalized spacial score (nSPS) is 12.8. The van der Waals surface area contributed by atoms with Crippen LogP contribution in [0.4, 0.5) is 0 Å². The van der Waals surface area contributed by atoms with Crippen LogP contribution in [0.2, 0.25) is 0 Å². The topological polar surface area (TPSA) is 42.7 Å². The summed E-state index contributed by atoms with van der Waals surface area (Å²) in [6.45, 7) is 9.32. The molecule has 0 aliphatic heterocycles. The Hall–Kier alpha value is -1.68. The molecule has 1 atom stereocenters. The fraction of sp³-hybridized carbons (Fsp3) is 0.500. The number of benzene rings is 1. The van der Waals surface area contributed by atoms with E-state index in [2.05, 4.69) is 55.3 Å². The van der Waals surface area contributed by atoms with Crippen LogP contribution in [0.1, 0.15) is 45.9 Å². The quantitative estimate of drug-likeness (QED) is 0.876. The van der Waals surface area contributed by atoms with Gasteiger partial charge in [-0.25, -0.2) is 0 Å². The van der Waals surface area contributed by atoms with Gasteiger partial charge in [-0.15, -0.1) is 0 Å². The molecule has 1 heterocycles. The molecule has 0 saturated carbocycles. The molecule has 0 unspecified atom stereocenters. The van der Waals surface area contributed by atoms with E-state index in [0.717, 1.165) is 29.9 Å². The first kappa shape index (κ1) is 14.7. The molecule has 0 aliphatic rings. The Labute approximate surface area is 121 Å². The Balaban J connectivity index is 2.29. The summed E-state index contributed by atoms with van der Waals surface area (Å²) in [7, 11) is 0. The summed E-state index contributed by atoms with van der Waals surface area (Å²) >= 11 is 0. The van der Waals surface area contributed by atoms with Crippen LogP contribution >= 0.6 is 0 Å². The molecular formula is C16H24N4. The minimum Gasteiger partial charge on any atom is -0.309 e. The largest absolute Gasteiger partial charge is 0.309 e. The summed E-state index contributed by atoms with van der Waals surface area (Å²) in [5.41, 5.74) is 3.13. The lowest BCUT2D eigenvalue weighted by Crippen LogP contribution is -2.25. The van der Waals surface area contributed by atoms with Crippen LogP contribution in [-0.2, 0) is 6.54 Å². The molecule has 0 bridgehead atoms. The van der Waals surface area contributed by atoms with Gasteiger partial charge in [-0.1, -0.05) is 37.3 Å². The highest BCUT2D eigenvalue weighted by molar-refractivity contribution is 5.60. The standard InChI is InChI=1S/C16H24N4/c1-5-13(4)17-11-15-16(14-9-7-6-8-10-14)19-20(18-15)12(2)3/h6-10,12-13,17H,5,11H2,1-4H3/t13-/m0/s1. The number of hydrogen-bond donors (Lipinski definition) is 1. The molecule has 2 rings (SSSR count). The van der Waals surface area contributed by atoms with Crippen molar-refractivity contribution in [3.63, 3.8) is 0 Å². The molecule has 0 radical (unpaired) electrons. The molecule has 4 nitrogen and oxygen atoms in total. The van der Waals surface area contributed by atoms with Gasteiger partial charge in [0.25, 0.3) is 0 Å². The second-order valence-electron chi connectivity index (χ2n) is 5.47. The van der Waals surface area contributed by atoms with E-state index in [1.807, 2.05) is 18.2 Å². The lowest BCUT2D eigenvalue weighted by atomic mass is 10.1. The first-order valence-electron chi connectivity index (χ1n) is 7.36. The highest BCUT2D eigenvalue weighted by atomic mass is 15.5. The fourth-order valence-corrected chi connectivity index (χ4v) is 1.94. The summed E-state index contributed by atoms with van der Waals surface area (Å²) in [6, 6.07) is 11.0. The Morgan fingerprint density at radius 1 is 1.10 bits per heavy atom. The van der Waals surface area contributed by atoms with E-state index < -0.39 is 0 Å². The second kappa shape index (κ2) is 6.66. The number of aromatic nitrogens is 3. The van der Waals surface area contributed by atoms with Gasteiger partial charge in [-0.3, -0.25) is 0 Å². The SMILES string of the molecule is CC[C@H](C)NCc1nn(C(C)C)nc1-c1ccccc1. The van der Waals surface area contributed by atoms with Crippen molar-refractivity contribution in [1.29, 1.82) is 0 Å². The van der Waals surface area contributed by atoms with Gasteiger partial charge in [0.1, 0.15) is 11.4 Å². The highest BCUT2D eigenvalue weighted by Crippen LogP contribution is 2.21. The molecule has 1 N–H and O–H groups in total. The third-order valence-electron chi connectivity index (χ3n) is 3.44. The molecule has 0 fully saturated rings. The number of nitrogens with zero attached hydrogens (tertiary/aromatic N) is 3. The number of nitrogens with one attached hydrogen (secondary N) is 1. The predicted molar refractivity (Wildman–Crippen MR) is 82.4 cm³/mol. The van der Waals surface area contributed by atoms with E-state index in [1.54, 1.807) is 4.80 Å². The van der Waals surface area contributed by atoms with Crippen LogP contribution in [0, 0.1) is 0 Å². The van der Waals surface area contributed by atoms with Gasteiger partial charge in [0.15, 0.2) is 0 Å². The van der Waals surface area contributed by atoms with Crippen LogP contribution < -0.4 is 5.32 Å². The smallest absolute Gasteiger partial charge is 0.117 e. The molecule has 0 amide bonds. The predicted octanol–water partition coefficient (Wildman–Crippen LogP) is 3.41. The third-order valence-corrected chi connectivity index (χ3v) is 3.44. The Kier molecular flexibility index (Phi) is 4.90. The Bertz CT molecular complexity index is 531. The van der Waals surface area contributed by atoms with Crippen molar-refractivity contribution in [3.05, 3.63) is 36.0 Å². The zero-order valence-corrected chi connectivity index (χ0v) is 12.8. The molecule has 108 valence electrons. The summed E-state index contributed by atoms with van der Waals surface area (Å²) in [4.78, 5) is 1.80. The molecule has 1 aromatic carbocycles. The van der Waals surface area contributed by atoms with Gasteiger partial charge >= 0.3 is 0 Å². The van der Waals surface area contributed by atoms with Crippen molar-refractivity contribution in [2.75, 3.05) is 0 Å². The molecule has 0 aliphatic carbocycles. The minimum atomic E-state index is 0.273. The van der Waals surface area contributed by atoms with E-state index in [9.17, 15) is 0 Å². The van der Waals surface area contributed by atoms with E-state index in [-0.39, 0.29) is 6.04 Å². The maximum atomic E-state index is 4.65. The first-order valence-corrected chi connectivity index (χ1v) is 7.36. The van der Waals surface area contributed by atoms with Crippen molar-refractivity contribution in [1.82, 2.24) is 20.3 Å². The second-order valence-corrected chi connectivity index (χ2v) is 5.47. The number of rotatable bonds is 6. The van der Waals surface area contributed by atoms with Crippen molar-refractivity contribution in [2.24, 2.45) is 0 Å². The Morgan fingerprint density at radius 2 is 1.80 bits per heavy atom. The molecule has 1 aromatic heterocycles. The van der Waals surface area contributed by atoms with Gasteiger partial charge in [0.05, 0.1) is 6.04 Å². The molecule has 4 heteroatoms. The minimum absolute atomic E-state index is 0.273. The lowest BCUT2D eigenvalue weighted by molar-refractivity contribution is 0.457. The van der Waals surface area contributed by atoms with E-state index in [1.165, 1.54) is 0 Å². The summed E-state index contributed by atoms with van der Waals surface area (Å²) < 4.78 is 0. The van der Waals surface area contributed by atoms with Crippen LogP contribution in [0.25, 0.3) is 11.3 Å². The zero-order valence-electron chi connectivity index (χ0n) is 12.8. The van der Waals surface area contributed by atoms with Gasteiger partial charge < -0.3 is 5.32 Å². The maximum absolute atomic E-state index is 4.65. The van der Waals surface area contributed by atoms with Gasteiger partial charge in [0, 0.05) is 18.2 Å². The molecule has 0 saturated heterocycles. The summed E-state index contributed by atoms with van der Waals surface area (Å²) in [5.74, 6) is 0. The fourth-order valence-electron chi connectivity index (χ4n) is 1.94. The van der Waals surface area contributed by atoms with Crippen molar-refractivity contribution in [3.8, 4) is 11.3 Å². The molecular weight excluding hydrogens is 248 g/mol. The number of hydrogen-bond acceptors (Lipinski definition) is 3. The summed E-state index contributed by atoms with van der Waals surface area (Å²) in [5, 5.41) is 12.8. The Morgan fingerprint density at radius 3 is 2.40 bits per heavy atom. The highest BCUT2D eigenvalue weighted by Gasteiger charge is 2.14. The van der Waals surface area contributed by atoms with Crippen LogP contribution in [0.3, 0.4) is 0 Å². The average molecular weight is 272 g/mol. The molecule has 20 heavy (non-hydrogen) atoms. The monoisotopic (exact) mass is 272 g/mol. The van der Waals surface area contributed by atoms with Gasteiger partial charge in [0.2, 0.25) is 0 Å². The lowest BCUT2D eigenvalue weighted by Gasteiger charge is -2.10. The maximum Gasteiger partial charge on any atom is 0.117 e. The third kappa shape index (κ3) is 3.45.